The molecule has 2 aromatic heterocycles. The van der Waals surface area contributed by atoms with Gasteiger partial charge >= 0.3 is 0 Å². The Morgan fingerprint density at radius 3 is 2.53 bits per heavy atom. The molecule has 2 rings (SSSR count). The Hall–Kier alpha value is -1.91. The lowest BCUT2D eigenvalue weighted by Gasteiger charge is -2.08. The van der Waals surface area contributed by atoms with E-state index in [2.05, 4.69) is 4.98 Å². The van der Waals surface area contributed by atoms with Crippen molar-refractivity contribution in [3.05, 3.63) is 30.0 Å². The molecule has 92 valence electrons. The monoisotopic (exact) mass is 235 g/mol. The zero-order valence-corrected chi connectivity index (χ0v) is 10.1. The van der Waals surface area contributed by atoms with E-state index in [1.807, 2.05) is 17.7 Å². The van der Waals surface area contributed by atoms with Crippen LogP contribution in [0.5, 0.6) is 11.6 Å². The van der Waals surface area contributed by atoms with E-state index in [9.17, 15) is 10.2 Å². The third kappa shape index (κ3) is 2.13. The van der Waals surface area contributed by atoms with Crippen molar-refractivity contribution < 1.29 is 10.2 Å². The summed E-state index contributed by atoms with van der Waals surface area (Å²) >= 11 is 0. The molecule has 2 heterocycles. The van der Waals surface area contributed by atoms with Gasteiger partial charge in [0.1, 0.15) is 0 Å². The SMILES string of the molecule is Cc1c(O)c(O)n(CCCn2ccnc2)c1C. The lowest BCUT2D eigenvalue weighted by molar-refractivity contribution is 0.365. The minimum atomic E-state index is -0.0365. The Morgan fingerprint density at radius 1 is 1.24 bits per heavy atom. The number of nitrogens with zero attached hydrogens (tertiary/aromatic N) is 3. The Kier molecular flexibility index (Phi) is 3.08. The van der Waals surface area contributed by atoms with Crippen molar-refractivity contribution >= 4 is 0 Å². The van der Waals surface area contributed by atoms with Gasteiger partial charge in [0.05, 0.1) is 6.33 Å². The highest BCUT2D eigenvalue weighted by Gasteiger charge is 2.15. The fourth-order valence-electron chi connectivity index (χ4n) is 1.93. The highest BCUT2D eigenvalue weighted by molar-refractivity contribution is 5.45. The van der Waals surface area contributed by atoms with Crippen molar-refractivity contribution in [3.8, 4) is 11.6 Å². The van der Waals surface area contributed by atoms with Crippen LogP contribution in [0.1, 0.15) is 17.7 Å². The van der Waals surface area contributed by atoms with Gasteiger partial charge in [-0.2, -0.15) is 0 Å². The Balaban J connectivity index is 2.02. The molecule has 0 bridgehead atoms. The predicted octanol–water partition coefficient (Wildman–Crippen LogP) is 1.80. The van der Waals surface area contributed by atoms with Gasteiger partial charge in [-0.05, 0) is 20.3 Å². The number of imidazole rings is 1. The van der Waals surface area contributed by atoms with Crippen LogP contribution < -0.4 is 0 Å². The van der Waals surface area contributed by atoms with E-state index in [0.29, 0.717) is 6.54 Å². The maximum atomic E-state index is 9.75. The maximum Gasteiger partial charge on any atom is 0.235 e. The molecule has 0 radical (unpaired) electrons. The van der Waals surface area contributed by atoms with Crippen molar-refractivity contribution in [2.45, 2.75) is 33.4 Å². The Bertz CT molecular complexity index is 475. The van der Waals surface area contributed by atoms with E-state index in [1.54, 1.807) is 24.0 Å². The fourth-order valence-corrected chi connectivity index (χ4v) is 1.93. The van der Waals surface area contributed by atoms with E-state index in [1.165, 1.54) is 0 Å². The largest absolute Gasteiger partial charge is 0.503 e. The summed E-state index contributed by atoms with van der Waals surface area (Å²) in [5.41, 5.74) is 1.65. The number of aromatic hydroxyl groups is 2. The molecule has 0 aromatic carbocycles. The second kappa shape index (κ2) is 4.53. The molecule has 5 heteroatoms. The van der Waals surface area contributed by atoms with E-state index >= 15 is 0 Å². The summed E-state index contributed by atoms with van der Waals surface area (Å²) in [5.74, 6) is -0.0456. The lowest BCUT2D eigenvalue weighted by atomic mass is 10.3. The third-order valence-electron chi connectivity index (χ3n) is 3.13. The van der Waals surface area contributed by atoms with Crippen LogP contribution >= 0.6 is 0 Å². The molecule has 17 heavy (non-hydrogen) atoms. The Morgan fingerprint density at radius 2 is 2.00 bits per heavy atom. The first kappa shape index (κ1) is 11.6. The van der Waals surface area contributed by atoms with Crippen molar-refractivity contribution in [3.63, 3.8) is 0 Å². The van der Waals surface area contributed by atoms with Gasteiger partial charge in [0.2, 0.25) is 5.88 Å². The molecular formula is C12H17N3O2. The van der Waals surface area contributed by atoms with E-state index in [0.717, 1.165) is 24.2 Å². The van der Waals surface area contributed by atoms with Gasteiger partial charge in [-0.15, -0.1) is 0 Å². The first-order valence-electron chi connectivity index (χ1n) is 5.64. The van der Waals surface area contributed by atoms with Gasteiger partial charge in [-0.25, -0.2) is 4.98 Å². The quantitative estimate of drug-likeness (QED) is 0.849. The summed E-state index contributed by atoms with van der Waals surface area (Å²) in [7, 11) is 0. The van der Waals surface area contributed by atoms with Crippen LogP contribution in [0.25, 0.3) is 0 Å². The summed E-state index contributed by atoms with van der Waals surface area (Å²) in [5, 5.41) is 19.4. The molecule has 0 saturated heterocycles. The number of hydrogen-bond acceptors (Lipinski definition) is 3. The molecule has 0 amide bonds. The molecule has 0 fully saturated rings. The van der Waals surface area contributed by atoms with E-state index in [4.69, 9.17) is 0 Å². The molecule has 0 atom stereocenters. The molecule has 2 N–H and O–H groups in total. The van der Waals surface area contributed by atoms with Crippen molar-refractivity contribution in [1.29, 1.82) is 0 Å². The van der Waals surface area contributed by atoms with Crippen LogP contribution in [0.2, 0.25) is 0 Å². The fraction of sp³-hybridized carbons (Fsp3) is 0.417. The Labute approximate surface area is 100.0 Å². The summed E-state index contributed by atoms with van der Waals surface area (Å²) < 4.78 is 3.73. The summed E-state index contributed by atoms with van der Waals surface area (Å²) in [6.07, 6.45) is 6.29. The topological polar surface area (TPSA) is 63.2 Å². The maximum absolute atomic E-state index is 9.75. The lowest BCUT2D eigenvalue weighted by Crippen LogP contribution is -2.04. The van der Waals surface area contributed by atoms with Crippen LogP contribution in [0.3, 0.4) is 0 Å². The molecule has 0 aliphatic carbocycles. The van der Waals surface area contributed by atoms with Crippen LogP contribution in [0.4, 0.5) is 0 Å². The smallest absolute Gasteiger partial charge is 0.235 e. The summed E-state index contributed by atoms with van der Waals surface area (Å²) in [6, 6.07) is 0. The van der Waals surface area contributed by atoms with Crippen LogP contribution in [0, 0.1) is 13.8 Å². The van der Waals surface area contributed by atoms with Gasteiger partial charge in [-0.1, -0.05) is 0 Å². The number of aromatic nitrogens is 3. The molecule has 0 aliphatic rings. The molecular weight excluding hydrogens is 218 g/mol. The first-order valence-corrected chi connectivity index (χ1v) is 5.64. The zero-order valence-electron chi connectivity index (χ0n) is 10.1. The standard InChI is InChI=1S/C12H17N3O2/c1-9-10(2)15(12(17)11(9)16)6-3-5-14-7-4-13-8-14/h4,7-8,16-17H,3,5-6H2,1-2H3. The van der Waals surface area contributed by atoms with Gasteiger partial charge in [-0.3, -0.25) is 0 Å². The van der Waals surface area contributed by atoms with Gasteiger partial charge in [0, 0.05) is 36.7 Å². The first-order chi connectivity index (χ1) is 8.11. The molecule has 0 unspecified atom stereocenters. The van der Waals surface area contributed by atoms with Crippen LogP contribution in [-0.2, 0) is 13.1 Å². The second-order valence-electron chi connectivity index (χ2n) is 4.19. The minimum Gasteiger partial charge on any atom is -0.503 e. The van der Waals surface area contributed by atoms with Crippen molar-refractivity contribution in [2.24, 2.45) is 0 Å². The predicted molar refractivity (Wildman–Crippen MR) is 64.1 cm³/mol. The van der Waals surface area contributed by atoms with Gasteiger partial charge in [0.25, 0.3) is 0 Å². The van der Waals surface area contributed by atoms with Crippen molar-refractivity contribution in [1.82, 2.24) is 14.1 Å². The molecule has 0 saturated carbocycles. The second-order valence-corrected chi connectivity index (χ2v) is 4.19. The van der Waals surface area contributed by atoms with Gasteiger partial charge < -0.3 is 19.3 Å². The molecule has 0 aliphatic heterocycles. The normalized spacial score (nSPS) is 10.9. The number of hydrogen-bond donors (Lipinski definition) is 2. The van der Waals surface area contributed by atoms with E-state index < -0.39 is 0 Å². The number of rotatable bonds is 4. The summed E-state index contributed by atoms with van der Waals surface area (Å²) in [4.78, 5) is 3.97. The molecule has 2 aromatic rings. The third-order valence-corrected chi connectivity index (χ3v) is 3.13. The van der Waals surface area contributed by atoms with Crippen LogP contribution in [0.15, 0.2) is 18.7 Å². The average Bonchev–Trinajstić information content (AvgIpc) is 2.89. The average molecular weight is 235 g/mol. The summed E-state index contributed by atoms with van der Waals surface area (Å²) in [6.45, 7) is 5.22. The minimum absolute atomic E-state index is 0.00914. The van der Waals surface area contributed by atoms with Crippen LogP contribution in [-0.4, -0.2) is 24.3 Å². The molecule has 5 nitrogen and oxygen atoms in total. The highest BCUT2D eigenvalue weighted by atomic mass is 16.3. The van der Waals surface area contributed by atoms with Crippen molar-refractivity contribution in [2.75, 3.05) is 0 Å². The zero-order chi connectivity index (χ0) is 12.4. The number of aryl methyl sites for hydroxylation is 1. The highest BCUT2D eigenvalue weighted by Crippen LogP contribution is 2.34. The molecule has 0 spiro atoms. The van der Waals surface area contributed by atoms with E-state index in [-0.39, 0.29) is 11.6 Å². The van der Waals surface area contributed by atoms with Gasteiger partial charge in [0.15, 0.2) is 5.75 Å².